The molecule has 1 N–H and O–H groups in total. The standard InChI is InChI=1S/C22H16N4O4S/c1-28-17-6-3-5-15(11-17)20-24-22(31-26-20)25-21(27)19-16(8-9-29-19)13-30-18-7-2-4-14(10-18)12-23/h2-11H,13H2,1H3,(H,24,25,26,27). The average Bonchev–Trinajstić information content (AvgIpc) is 3.47. The number of hydrogen-bond donors (Lipinski definition) is 1. The van der Waals surface area contributed by atoms with Gasteiger partial charge < -0.3 is 13.9 Å². The van der Waals surface area contributed by atoms with Crippen LogP contribution >= 0.6 is 11.5 Å². The maximum Gasteiger partial charge on any atom is 0.293 e. The van der Waals surface area contributed by atoms with E-state index in [1.54, 1.807) is 37.4 Å². The Kier molecular flexibility index (Phi) is 5.91. The SMILES string of the molecule is COc1cccc(-c2nsc(NC(=O)c3occc3COc3cccc(C#N)c3)n2)c1. The Morgan fingerprint density at radius 3 is 2.87 bits per heavy atom. The van der Waals surface area contributed by atoms with Gasteiger partial charge in [0, 0.05) is 22.7 Å². The Morgan fingerprint density at radius 2 is 2.03 bits per heavy atom. The van der Waals surface area contributed by atoms with Crippen LogP contribution in [0.4, 0.5) is 5.13 Å². The van der Waals surface area contributed by atoms with E-state index in [1.165, 1.54) is 6.26 Å². The molecule has 1 amide bonds. The maximum atomic E-state index is 12.7. The molecule has 4 rings (SSSR count). The van der Waals surface area contributed by atoms with Crippen molar-refractivity contribution >= 4 is 22.6 Å². The van der Waals surface area contributed by atoms with E-state index in [4.69, 9.17) is 19.2 Å². The van der Waals surface area contributed by atoms with Crippen molar-refractivity contribution in [1.82, 2.24) is 9.36 Å². The first-order chi connectivity index (χ1) is 15.2. The number of ether oxygens (including phenoxy) is 2. The fourth-order valence-corrected chi connectivity index (χ4v) is 3.36. The molecule has 154 valence electrons. The van der Waals surface area contributed by atoms with Crippen molar-refractivity contribution in [3.05, 3.63) is 77.7 Å². The van der Waals surface area contributed by atoms with E-state index < -0.39 is 5.91 Å². The number of nitriles is 1. The van der Waals surface area contributed by atoms with Crippen molar-refractivity contribution in [1.29, 1.82) is 5.26 Å². The molecule has 4 aromatic rings. The number of furan rings is 1. The van der Waals surface area contributed by atoms with E-state index >= 15 is 0 Å². The van der Waals surface area contributed by atoms with E-state index in [2.05, 4.69) is 20.7 Å². The molecular formula is C22H16N4O4S. The van der Waals surface area contributed by atoms with Gasteiger partial charge in [-0.25, -0.2) is 0 Å². The highest BCUT2D eigenvalue weighted by molar-refractivity contribution is 7.10. The Hall–Kier alpha value is -4.16. The van der Waals surface area contributed by atoms with Crippen LogP contribution in [0.15, 0.2) is 65.3 Å². The molecule has 0 aliphatic carbocycles. The van der Waals surface area contributed by atoms with Crippen LogP contribution in [0.1, 0.15) is 21.7 Å². The van der Waals surface area contributed by atoms with Crippen molar-refractivity contribution < 1.29 is 18.7 Å². The summed E-state index contributed by atoms with van der Waals surface area (Å²) in [7, 11) is 1.59. The van der Waals surface area contributed by atoms with Crippen molar-refractivity contribution in [2.45, 2.75) is 6.61 Å². The molecule has 0 saturated carbocycles. The number of carbonyl (C=O) groups excluding carboxylic acids is 1. The van der Waals surface area contributed by atoms with Crippen molar-refractivity contribution in [2.24, 2.45) is 0 Å². The topological polar surface area (TPSA) is 110 Å². The first kappa shape index (κ1) is 20.1. The molecule has 0 fully saturated rings. The highest BCUT2D eigenvalue weighted by atomic mass is 32.1. The molecule has 8 nitrogen and oxygen atoms in total. The highest BCUT2D eigenvalue weighted by Crippen LogP contribution is 2.25. The van der Waals surface area contributed by atoms with Crippen molar-refractivity contribution in [3.8, 4) is 29.0 Å². The van der Waals surface area contributed by atoms with E-state index in [9.17, 15) is 4.79 Å². The minimum atomic E-state index is -0.456. The zero-order valence-corrected chi connectivity index (χ0v) is 17.2. The number of nitrogens with one attached hydrogen (secondary N) is 1. The minimum absolute atomic E-state index is 0.110. The van der Waals surface area contributed by atoms with Gasteiger partial charge >= 0.3 is 0 Å². The third-order valence-electron chi connectivity index (χ3n) is 4.28. The summed E-state index contributed by atoms with van der Waals surface area (Å²) in [5.41, 5.74) is 1.84. The lowest BCUT2D eigenvalue weighted by molar-refractivity contribution is 0.0993. The van der Waals surface area contributed by atoms with Gasteiger partial charge in [-0.15, -0.1) is 0 Å². The number of carbonyl (C=O) groups is 1. The zero-order chi connectivity index (χ0) is 21.6. The Morgan fingerprint density at radius 1 is 1.19 bits per heavy atom. The fourth-order valence-electron chi connectivity index (χ4n) is 2.77. The smallest absolute Gasteiger partial charge is 0.293 e. The molecule has 0 atom stereocenters. The highest BCUT2D eigenvalue weighted by Gasteiger charge is 2.18. The van der Waals surface area contributed by atoms with E-state index in [0.717, 1.165) is 17.1 Å². The van der Waals surface area contributed by atoms with Crippen LogP contribution in [0, 0.1) is 11.3 Å². The van der Waals surface area contributed by atoms with Gasteiger partial charge in [0.2, 0.25) is 5.13 Å². The maximum absolute atomic E-state index is 12.7. The summed E-state index contributed by atoms with van der Waals surface area (Å²) in [5.74, 6) is 1.37. The number of aromatic nitrogens is 2. The van der Waals surface area contributed by atoms with Gasteiger partial charge in [0.15, 0.2) is 11.6 Å². The normalized spacial score (nSPS) is 10.3. The summed E-state index contributed by atoms with van der Waals surface area (Å²) in [5, 5.41) is 12.0. The van der Waals surface area contributed by atoms with Crippen LogP contribution in [-0.4, -0.2) is 22.4 Å². The second kappa shape index (κ2) is 9.11. The molecule has 2 heterocycles. The Labute approximate surface area is 181 Å². The largest absolute Gasteiger partial charge is 0.497 e. The minimum Gasteiger partial charge on any atom is -0.497 e. The van der Waals surface area contributed by atoms with Crippen LogP contribution in [0.2, 0.25) is 0 Å². The zero-order valence-electron chi connectivity index (χ0n) is 16.4. The Bertz CT molecular complexity index is 1260. The lowest BCUT2D eigenvalue weighted by Crippen LogP contribution is -2.13. The third kappa shape index (κ3) is 4.71. The lowest BCUT2D eigenvalue weighted by atomic mass is 10.2. The molecule has 0 aliphatic rings. The van der Waals surface area contributed by atoms with Crippen LogP contribution in [0.5, 0.6) is 11.5 Å². The molecule has 0 saturated heterocycles. The summed E-state index contributed by atoms with van der Waals surface area (Å²) in [6, 6.07) is 17.8. The number of rotatable bonds is 7. The summed E-state index contributed by atoms with van der Waals surface area (Å²) < 4.78 is 20.5. The molecule has 2 aromatic carbocycles. The first-order valence-electron chi connectivity index (χ1n) is 9.15. The van der Waals surface area contributed by atoms with Crippen LogP contribution in [0.25, 0.3) is 11.4 Å². The molecule has 2 aromatic heterocycles. The van der Waals surface area contributed by atoms with E-state index in [0.29, 0.717) is 33.6 Å². The molecule has 0 bridgehead atoms. The molecular weight excluding hydrogens is 416 g/mol. The quantitative estimate of drug-likeness (QED) is 0.457. The van der Waals surface area contributed by atoms with Crippen LogP contribution in [-0.2, 0) is 6.61 Å². The fraction of sp³-hybridized carbons (Fsp3) is 0.0909. The number of anilines is 1. The summed E-state index contributed by atoms with van der Waals surface area (Å²) in [6.45, 7) is 0.110. The number of methoxy groups -OCH3 is 1. The monoisotopic (exact) mass is 432 g/mol. The second-order valence-electron chi connectivity index (χ2n) is 6.31. The number of hydrogen-bond acceptors (Lipinski definition) is 8. The average molecular weight is 432 g/mol. The summed E-state index contributed by atoms with van der Waals surface area (Å²) >= 11 is 1.07. The van der Waals surface area contributed by atoms with Gasteiger partial charge in [-0.1, -0.05) is 18.2 Å². The summed E-state index contributed by atoms with van der Waals surface area (Å²) in [4.78, 5) is 17.0. The molecule has 0 unspecified atom stereocenters. The van der Waals surface area contributed by atoms with E-state index in [-0.39, 0.29) is 12.4 Å². The summed E-state index contributed by atoms with van der Waals surface area (Å²) in [6.07, 6.45) is 1.42. The molecule has 9 heteroatoms. The molecule has 31 heavy (non-hydrogen) atoms. The number of benzene rings is 2. The predicted molar refractivity (Wildman–Crippen MR) is 114 cm³/mol. The molecule has 0 aliphatic heterocycles. The van der Waals surface area contributed by atoms with Gasteiger partial charge in [-0.05, 0) is 36.4 Å². The number of amides is 1. The van der Waals surface area contributed by atoms with Crippen LogP contribution in [0.3, 0.4) is 0 Å². The number of nitrogens with zero attached hydrogens (tertiary/aromatic N) is 3. The Balaban J connectivity index is 1.43. The van der Waals surface area contributed by atoms with Gasteiger partial charge in [-0.2, -0.15) is 14.6 Å². The van der Waals surface area contributed by atoms with Crippen LogP contribution < -0.4 is 14.8 Å². The predicted octanol–water partition coefficient (Wildman–Crippen LogP) is 4.51. The second-order valence-corrected chi connectivity index (χ2v) is 7.06. The van der Waals surface area contributed by atoms with Gasteiger partial charge in [-0.3, -0.25) is 10.1 Å². The molecule has 0 radical (unpaired) electrons. The van der Waals surface area contributed by atoms with E-state index in [1.807, 2.05) is 24.3 Å². The van der Waals surface area contributed by atoms with Crippen molar-refractivity contribution in [3.63, 3.8) is 0 Å². The lowest BCUT2D eigenvalue weighted by Gasteiger charge is -2.06. The third-order valence-corrected chi connectivity index (χ3v) is 4.92. The van der Waals surface area contributed by atoms with Gasteiger partial charge in [0.05, 0.1) is 25.0 Å². The van der Waals surface area contributed by atoms with Gasteiger partial charge in [0.25, 0.3) is 5.91 Å². The molecule has 0 spiro atoms. The van der Waals surface area contributed by atoms with Crippen molar-refractivity contribution in [2.75, 3.05) is 12.4 Å². The first-order valence-corrected chi connectivity index (χ1v) is 9.92. The van der Waals surface area contributed by atoms with Gasteiger partial charge in [0.1, 0.15) is 18.1 Å².